The van der Waals surface area contributed by atoms with Crippen molar-refractivity contribution in [2.75, 3.05) is 19.7 Å². The third kappa shape index (κ3) is 4.46. The van der Waals surface area contributed by atoms with Gasteiger partial charge in [0, 0.05) is 19.0 Å². The summed E-state index contributed by atoms with van der Waals surface area (Å²) in [6.45, 7) is 1.21. The maximum Gasteiger partial charge on any atom is 0.298 e. The summed E-state index contributed by atoms with van der Waals surface area (Å²) in [6.07, 6.45) is 1.97. The first-order valence-electron chi connectivity index (χ1n) is 9.81. The number of rotatable bonds is 6. The minimum Gasteiger partial charge on any atom is -0.461 e. The zero-order chi connectivity index (χ0) is 20.1. The van der Waals surface area contributed by atoms with E-state index in [1.807, 2.05) is 36.4 Å². The van der Waals surface area contributed by atoms with Crippen LogP contribution >= 0.6 is 0 Å². The molecule has 29 heavy (non-hydrogen) atoms. The van der Waals surface area contributed by atoms with Crippen LogP contribution < -0.4 is 0 Å². The molecule has 1 atom stereocenters. The summed E-state index contributed by atoms with van der Waals surface area (Å²) >= 11 is 0. The van der Waals surface area contributed by atoms with Crippen LogP contribution in [0.4, 0.5) is 0 Å². The highest BCUT2D eigenvalue weighted by Crippen LogP contribution is 2.31. The molecule has 1 amide bonds. The van der Waals surface area contributed by atoms with Gasteiger partial charge in [0.25, 0.3) is 11.7 Å². The first kappa shape index (κ1) is 19.2. The van der Waals surface area contributed by atoms with Gasteiger partial charge >= 0.3 is 0 Å². The van der Waals surface area contributed by atoms with Crippen molar-refractivity contribution in [1.29, 1.82) is 0 Å². The van der Waals surface area contributed by atoms with Gasteiger partial charge in [0.15, 0.2) is 5.76 Å². The molecule has 1 saturated heterocycles. The molecule has 1 fully saturated rings. The number of ketones is 1. The van der Waals surface area contributed by atoms with Crippen molar-refractivity contribution < 1.29 is 18.7 Å². The summed E-state index contributed by atoms with van der Waals surface area (Å²) in [7, 11) is 0. The lowest BCUT2D eigenvalue weighted by molar-refractivity contribution is -0.134. The number of benzene rings is 2. The van der Waals surface area contributed by atoms with E-state index in [1.165, 1.54) is 23.5 Å². The molecule has 1 aliphatic heterocycles. The Bertz CT molecular complexity index is 898. The van der Waals surface area contributed by atoms with E-state index in [0.717, 1.165) is 6.42 Å². The predicted octanol–water partition coefficient (Wildman–Crippen LogP) is 3.91. The summed E-state index contributed by atoms with van der Waals surface area (Å²) in [5.41, 5.74) is 2.41. The smallest absolute Gasteiger partial charge is 0.298 e. The molecule has 0 radical (unpaired) electrons. The molecule has 4 rings (SSSR count). The van der Waals surface area contributed by atoms with E-state index in [0.29, 0.717) is 19.7 Å². The van der Waals surface area contributed by atoms with Crippen LogP contribution in [0.15, 0.2) is 83.5 Å². The number of hydrogen-bond donors (Lipinski definition) is 0. The Morgan fingerprint density at radius 3 is 2.17 bits per heavy atom. The van der Waals surface area contributed by atoms with Crippen LogP contribution in [0.2, 0.25) is 0 Å². The Morgan fingerprint density at radius 2 is 1.59 bits per heavy atom. The van der Waals surface area contributed by atoms with Gasteiger partial charge in [0.05, 0.1) is 19.0 Å². The third-order valence-corrected chi connectivity index (χ3v) is 5.27. The van der Waals surface area contributed by atoms with Crippen LogP contribution in [0.5, 0.6) is 0 Å². The van der Waals surface area contributed by atoms with Gasteiger partial charge in [-0.25, -0.2) is 0 Å². The fraction of sp³-hybridized carbons (Fsp3) is 0.250. The minimum absolute atomic E-state index is 0.0736. The SMILES string of the molecule is O=C(C(=O)N1CCOC(CC(c2ccccc2)c2ccccc2)C1)c1ccco1. The summed E-state index contributed by atoms with van der Waals surface area (Å²) in [4.78, 5) is 26.6. The second kappa shape index (κ2) is 8.88. The van der Waals surface area contributed by atoms with Crippen molar-refractivity contribution in [2.45, 2.75) is 18.4 Å². The van der Waals surface area contributed by atoms with Crippen molar-refractivity contribution >= 4 is 11.7 Å². The molecule has 0 spiro atoms. The van der Waals surface area contributed by atoms with Gasteiger partial charge < -0.3 is 14.1 Å². The van der Waals surface area contributed by atoms with Gasteiger partial charge in [0.1, 0.15) is 0 Å². The molecule has 0 aliphatic carbocycles. The average Bonchev–Trinajstić information content (AvgIpc) is 3.33. The van der Waals surface area contributed by atoms with Crippen molar-refractivity contribution in [3.05, 3.63) is 95.9 Å². The van der Waals surface area contributed by atoms with Crippen LogP contribution in [0.25, 0.3) is 0 Å². The normalized spacial score (nSPS) is 16.7. The zero-order valence-corrected chi connectivity index (χ0v) is 16.1. The molecule has 5 nitrogen and oxygen atoms in total. The molecule has 0 saturated carbocycles. The second-order valence-electron chi connectivity index (χ2n) is 7.16. The summed E-state index contributed by atoms with van der Waals surface area (Å²) in [5, 5.41) is 0. The van der Waals surface area contributed by atoms with Crippen molar-refractivity contribution in [3.63, 3.8) is 0 Å². The van der Waals surface area contributed by atoms with Gasteiger partial charge in [0.2, 0.25) is 0 Å². The number of ether oxygens (including phenoxy) is 1. The standard InChI is InChI=1S/C24H23NO4/c26-23(22-12-7-14-29-22)24(27)25-13-15-28-20(17-25)16-21(18-8-3-1-4-9-18)19-10-5-2-6-11-19/h1-12,14,20-21H,13,15-17H2. The number of carbonyl (C=O) groups excluding carboxylic acids is 2. The molecule has 2 heterocycles. The van der Waals surface area contributed by atoms with E-state index in [1.54, 1.807) is 11.0 Å². The topological polar surface area (TPSA) is 59.8 Å². The Hall–Kier alpha value is -3.18. The monoisotopic (exact) mass is 389 g/mol. The highest BCUT2D eigenvalue weighted by molar-refractivity contribution is 6.41. The molecule has 1 aromatic heterocycles. The number of hydrogen-bond acceptors (Lipinski definition) is 4. The van der Waals surface area contributed by atoms with E-state index in [-0.39, 0.29) is 17.8 Å². The van der Waals surface area contributed by atoms with E-state index >= 15 is 0 Å². The van der Waals surface area contributed by atoms with E-state index < -0.39 is 11.7 Å². The molecule has 1 unspecified atom stereocenters. The largest absolute Gasteiger partial charge is 0.461 e. The second-order valence-corrected chi connectivity index (χ2v) is 7.16. The maximum atomic E-state index is 12.6. The Morgan fingerprint density at radius 1 is 0.931 bits per heavy atom. The summed E-state index contributed by atoms with van der Waals surface area (Å²) < 4.78 is 11.1. The lowest BCUT2D eigenvalue weighted by atomic mass is 9.86. The molecule has 0 N–H and O–H groups in total. The molecule has 1 aliphatic rings. The van der Waals surface area contributed by atoms with Gasteiger partial charge in [-0.05, 0) is 29.7 Å². The zero-order valence-electron chi connectivity index (χ0n) is 16.1. The van der Waals surface area contributed by atoms with Crippen molar-refractivity contribution in [3.8, 4) is 0 Å². The Labute approximate surface area is 169 Å². The number of morpholine rings is 1. The fourth-order valence-electron chi connectivity index (χ4n) is 3.80. The third-order valence-electron chi connectivity index (χ3n) is 5.27. The summed E-state index contributed by atoms with van der Waals surface area (Å²) in [6, 6.07) is 23.7. The van der Waals surface area contributed by atoms with Gasteiger partial charge in [-0.15, -0.1) is 0 Å². The first-order chi connectivity index (χ1) is 14.2. The fourth-order valence-corrected chi connectivity index (χ4v) is 3.80. The lowest BCUT2D eigenvalue weighted by Gasteiger charge is -2.34. The van der Waals surface area contributed by atoms with Crippen LogP contribution in [-0.2, 0) is 9.53 Å². The predicted molar refractivity (Wildman–Crippen MR) is 109 cm³/mol. The Kier molecular flexibility index (Phi) is 5.86. The van der Waals surface area contributed by atoms with Gasteiger partial charge in [-0.3, -0.25) is 9.59 Å². The van der Waals surface area contributed by atoms with Gasteiger partial charge in [-0.1, -0.05) is 60.7 Å². The van der Waals surface area contributed by atoms with Crippen LogP contribution in [0.1, 0.15) is 34.0 Å². The highest BCUT2D eigenvalue weighted by atomic mass is 16.5. The molecule has 2 aromatic carbocycles. The minimum atomic E-state index is -0.613. The van der Waals surface area contributed by atoms with Crippen LogP contribution in [-0.4, -0.2) is 42.4 Å². The summed E-state index contributed by atoms with van der Waals surface area (Å²) in [5.74, 6) is -0.926. The van der Waals surface area contributed by atoms with Crippen LogP contribution in [0.3, 0.4) is 0 Å². The lowest BCUT2D eigenvalue weighted by Crippen LogP contribution is -2.48. The molecule has 3 aromatic rings. The van der Waals surface area contributed by atoms with Gasteiger partial charge in [-0.2, -0.15) is 0 Å². The van der Waals surface area contributed by atoms with Crippen molar-refractivity contribution in [2.24, 2.45) is 0 Å². The number of amides is 1. The quantitative estimate of drug-likeness (QED) is 0.474. The Balaban J connectivity index is 1.49. The first-order valence-corrected chi connectivity index (χ1v) is 9.81. The average molecular weight is 389 g/mol. The number of Topliss-reactive ketones (excluding diaryl/α,β-unsaturated/α-hetero) is 1. The molecule has 148 valence electrons. The molecule has 0 bridgehead atoms. The number of carbonyl (C=O) groups is 2. The van der Waals surface area contributed by atoms with E-state index in [2.05, 4.69) is 24.3 Å². The number of furan rings is 1. The highest BCUT2D eigenvalue weighted by Gasteiger charge is 2.31. The molecular formula is C24H23NO4. The van der Waals surface area contributed by atoms with Crippen molar-refractivity contribution in [1.82, 2.24) is 4.90 Å². The van der Waals surface area contributed by atoms with E-state index in [9.17, 15) is 9.59 Å². The molecule has 5 heteroatoms. The number of nitrogens with zero attached hydrogens (tertiary/aromatic N) is 1. The molecular weight excluding hydrogens is 366 g/mol. The maximum absolute atomic E-state index is 12.6. The van der Waals surface area contributed by atoms with E-state index in [4.69, 9.17) is 9.15 Å². The van der Waals surface area contributed by atoms with Crippen LogP contribution in [0, 0.1) is 0 Å².